The number of rotatable bonds is 4. The minimum Gasteiger partial charge on any atom is -0.497 e. The fourth-order valence-electron chi connectivity index (χ4n) is 1.58. The third kappa shape index (κ3) is 3.21. The molecule has 96 valence electrons. The van der Waals surface area contributed by atoms with Crippen molar-refractivity contribution in [2.24, 2.45) is 0 Å². The molecular weight excluding hydrogens is 258 g/mol. The highest BCUT2D eigenvalue weighted by Gasteiger charge is 2.06. The van der Waals surface area contributed by atoms with Crippen molar-refractivity contribution in [2.45, 2.75) is 9.79 Å². The smallest absolute Gasteiger partial charge is 0.120 e. The number of nitriles is 1. The van der Waals surface area contributed by atoms with Crippen molar-refractivity contribution in [3.8, 4) is 17.6 Å². The topological polar surface area (TPSA) is 42.2 Å². The van der Waals surface area contributed by atoms with E-state index < -0.39 is 0 Å². The van der Waals surface area contributed by atoms with Crippen LogP contribution >= 0.6 is 11.8 Å². The first-order chi connectivity index (χ1) is 9.26. The Bertz CT molecular complexity index is 603. The molecule has 0 fully saturated rings. The van der Waals surface area contributed by atoms with Gasteiger partial charge in [-0.05, 0) is 42.5 Å². The quantitative estimate of drug-likeness (QED) is 0.849. The standard InChI is InChI=1S/C15H13NO2S/c1-17-12-3-6-14(7-4-12)19-15-8-5-13(18-2)9-11(15)10-16/h3-9H,1-2H3. The van der Waals surface area contributed by atoms with Gasteiger partial charge in [-0.1, -0.05) is 11.8 Å². The summed E-state index contributed by atoms with van der Waals surface area (Å²) < 4.78 is 10.2. The van der Waals surface area contributed by atoms with Gasteiger partial charge in [0.15, 0.2) is 0 Å². The van der Waals surface area contributed by atoms with Crippen LogP contribution < -0.4 is 9.47 Å². The lowest BCUT2D eigenvalue weighted by Gasteiger charge is -2.07. The largest absolute Gasteiger partial charge is 0.497 e. The van der Waals surface area contributed by atoms with Crippen LogP contribution in [0.25, 0.3) is 0 Å². The van der Waals surface area contributed by atoms with Crippen LogP contribution in [0.15, 0.2) is 52.3 Å². The normalized spacial score (nSPS) is 9.74. The average molecular weight is 271 g/mol. The van der Waals surface area contributed by atoms with E-state index >= 15 is 0 Å². The number of methoxy groups -OCH3 is 2. The second-order valence-corrected chi connectivity index (χ2v) is 4.87. The summed E-state index contributed by atoms with van der Waals surface area (Å²) in [6.07, 6.45) is 0. The van der Waals surface area contributed by atoms with Gasteiger partial charge < -0.3 is 9.47 Å². The first kappa shape index (κ1) is 13.3. The Kier molecular flexibility index (Phi) is 4.32. The molecule has 0 spiro atoms. The summed E-state index contributed by atoms with van der Waals surface area (Å²) >= 11 is 1.54. The summed E-state index contributed by atoms with van der Waals surface area (Å²) in [4.78, 5) is 1.97. The van der Waals surface area contributed by atoms with Crippen molar-refractivity contribution >= 4 is 11.8 Å². The minimum atomic E-state index is 0.611. The molecule has 0 radical (unpaired) electrons. The van der Waals surface area contributed by atoms with Gasteiger partial charge in [-0.2, -0.15) is 5.26 Å². The highest BCUT2D eigenvalue weighted by Crippen LogP contribution is 2.32. The SMILES string of the molecule is COc1ccc(Sc2ccc(OC)cc2C#N)cc1. The molecule has 0 saturated carbocycles. The van der Waals surface area contributed by atoms with Gasteiger partial charge in [-0.15, -0.1) is 0 Å². The second-order valence-electron chi connectivity index (χ2n) is 3.75. The predicted octanol–water partition coefficient (Wildman–Crippen LogP) is 3.73. The maximum Gasteiger partial charge on any atom is 0.120 e. The van der Waals surface area contributed by atoms with Crippen molar-refractivity contribution in [3.63, 3.8) is 0 Å². The van der Waals surface area contributed by atoms with Crippen LogP contribution in [0.5, 0.6) is 11.5 Å². The number of benzene rings is 2. The third-order valence-electron chi connectivity index (χ3n) is 2.59. The molecule has 0 unspecified atom stereocenters. The average Bonchev–Trinajstić information content (AvgIpc) is 2.48. The van der Waals surface area contributed by atoms with Gasteiger partial charge in [0, 0.05) is 9.79 Å². The van der Waals surface area contributed by atoms with E-state index in [0.717, 1.165) is 15.5 Å². The molecular formula is C15H13NO2S. The lowest BCUT2D eigenvalue weighted by Crippen LogP contribution is -1.87. The summed E-state index contributed by atoms with van der Waals surface area (Å²) in [6, 6.07) is 15.4. The number of hydrogen-bond acceptors (Lipinski definition) is 4. The number of nitrogens with zero attached hydrogens (tertiary/aromatic N) is 1. The van der Waals surface area contributed by atoms with Gasteiger partial charge in [0.25, 0.3) is 0 Å². The zero-order valence-electron chi connectivity index (χ0n) is 10.7. The predicted molar refractivity (Wildman–Crippen MR) is 74.8 cm³/mol. The second kappa shape index (κ2) is 6.17. The van der Waals surface area contributed by atoms with Crippen LogP contribution in [0.3, 0.4) is 0 Å². The van der Waals surface area contributed by atoms with Crippen LogP contribution in [0.1, 0.15) is 5.56 Å². The van der Waals surface area contributed by atoms with Crippen LogP contribution in [0.2, 0.25) is 0 Å². The van der Waals surface area contributed by atoms with Gasteiger partial charge in [-0.25, -0.2) is 0 Å². The van der Waals surface area contributed by atoms with E-state index in [-0.39, 0.29) is 0 Å². The van der Waals surface area contributed by atoms with Crippen LogP contribution in [-0.4, -0.2) is 14.2 Å². The van der Waals surface area contributed by atoms with E-state index in [1.807, 2.05) is 36.4 Å². The Morgan fingerprint density at radius 3 is 2.16 bits per heavy atom. The summed E-state index contributed by atoms with van der Waals surface area (Å²) in [6.45, 7) is 0. The maximum absolute atomic E-state index is 9.16. The Morgan fingerprint density at radius 1 is 0.947 bits per heavy atom. The fourth-order valence-corrected chi connectivity index (χ4v) is 2.46. The van der Waals surface area contributed by atoms with Gasteiger partial charge in [-0.3, -0.25) is 0 Å². The molecule has 0 aromatic heterocycles. The third-order valence-corrected chi connectivity index (χ3v) is 3.68. The van der Waals surface area contributed by atoms with Gasteiger partial charge >= 0.3 is 0 Å². The van der Waals surface area contributed by atoms with Crippen molar-refractivity contribution in [3.05, 3.63) is 48.0 Å². The van der Waals surface area contributed by atoms with Crippen LogP contribution in [0.4, 0.5) is 0 Å². The number of hydrogen-bond donors (Lipinski definition) is 0. The molecule has 0 bridgehead atoms. The molecule has 0 aliphatic heterocycles. The van der Waals surface area contributed by atoms with Crippen molar-refractivity contribution in [1.82, 2.24) is 0 Å². The van der Waals surface area contributed by atoms with Crippen LogP contribution in [0, 0.1) is 11.3 Å². The Balaban J connectivity index is 2.25. The van der Waals surface area contributed by atoms with E-state index in [2.05, 4.69) is 6.07 Å². The van der Waals surface area contributed by atoms with Crippen molar-refractivity contribution in [2.75, 3.05) is 14.2 Å². The van der Waals surface area contributed by atoms with E-state index in [9.17, 15) is 0 Å². The minimum absolute atomic E-state index is 0.611. The van der Waals surface area contributed by atoms with E-state index in [1.165, 1.54) is 0 Å². The molecule has 2 aromatic rings. The van der Waals surface area contributed by atoms with E-state index in [4.69, 9.17) is 14.7 Å². The molecule has 0 saturated heterocycles. The summed E-state index contributed by atoms with van der Waals surface area (Å²) in [7, 11) is 3.23. The Hall–Kier alpha value is -2.12. The Labute approximate surface area is 116 Å². The highest BCUT2D eigenvalue weighted by molar-refractivity contribution is 7.99. The molecule has 2 aromatic carbocycles. The Morgan fingerprint density at radius 2 is 1.58 bits per heavy atom. The summed E-state index contributed by atoms with van der Waals surface area (Å²) in [5.74, 6) is 1.51. The first-order valence-corrected chi connectivity index (χ1v) is 6.48. The highest BCUT2D eigenvalue weighted by atomic mass is 32.2. The molecule has 2 rings (SSSR count). The van der Waals surface area contributed by atoms with Gasteiger partial charge in [0.05, 0.1) is 19.8 Å². The van der Waals surface area contributed by atoms with E-state index in [0.29, 0.717) is 11.3 Å². The molecule has 3 nitrogen and oxygen atoms in total. The van der Waals surface area contributed by atoms with Crippen LogP contribution in [-0.2, 0) is 0 Å². The maximum atomic E-state index is 9.16. The summed E-state index contributed by atoms with van der Waals surface area (Å²) in [5.41, 5.74) is 0.611. The molecule has 0 atom stereocenters. The molecule has 0 heterocycles. The van der Waals surface area contributed by atoms with Gasteiger partial charge in [0.2, 0.25) is 0 Å². The first-order valence-electron chi connectivity index (χ1n) is 5.67. The van der Waals surface area contributed by atoms with E-state index in [1.54, 1.807) is 32.0 Å². The van der Waals surface area contributed by atoms with Crippen molar-refractivity contribution in [1.29, 1.82) is 5.26 Å². The molecule has 0 aliphatic rings. The molecule has 0 aliphatic carbocycles. The molecule has 4 heteroatoms. The fraction of sp³-hybridized carbons (Fsp3) is 0.133. The molecule has 0 N–H and O–H groups in total. The lowest BCUT2D eigenvalue weighted by molar-refractivity contribution is 0.414. The zero-order valence-corrected chi connectivity index (χ0v) is 11.5. The monoisotopic (exact) mass is 271 g/mol. The zero-order chi connectivity index (χ0) is 13.7. The molecule has 19 heavy (non-hydrogen) atoms. The molecule has 0 amide bonds. The number of ether oxygens (including phenoxy) is 2. The van der Waals surface area contributed by atoms with Gasteiger partial charge in [0.1, 0.15) is 17.6 Å². The van der Waals surface area contributed by atoms with Crippen molar-refractivity contribution < 1.29 is 9.47 Å². The lowest BCUT2D eigenvalue weighted by atomic mass is 10.2. The summed E-state index contributed by atoms with van der Waals surface area (Å²) in [5, 5.41) is 9.16.